The number of benzene rings is 1. The fourth-order valence-corrected chi connectivity index (χ4v) is 3.75. The minimum absolute atomic E-state index is 0.415. The largest absolute Gasteiger partial charge is 0.330 e. The van der Waals surface area contributed by atoms with E-state index in [4.69, 9.17) is 0 Å². The maximum atomic E-state index is 12.0. The van der Waals surface area contributed by atoms with Crippen molar-refractivity contribution in [3.63, 3.8) is 0 Å². The molecular formula is C15H20N2O2S. The van der Waals surface area contributed by atoms with Crippen LogP contribution in [0.4, 0.5) is 10.5 Å². The third-order valence-electron chi connectivity index (χ3n) is 4.02. The maximum Gasteiger partial charge on any atom is 0.330 e. The molecule has 1 atom stereocenters. The van der Waals surface area contributed by atoms with E-state index in [0.29, 0.717) is 0 Å². The first-order valence-electron chi connectivity index (χ1n) is 7.01. The lowest BCUT2D eigenvalue weighted by Crippen LogP contribution is -2.33. The highest BCUT2D eigenvalue weighted by molar-refractivity contribution is 7.98. The summed E-state index contributed by atoms with van der Waals surface area (Å²) in [5, 5.41) is 2.93. The summed E-state index contributed by atoms with van der Waals surface area (Å²) < 4.78 is 14.0. The Labute approximate surface area is 120 Å². The molecule has 0 fully saturated rings. The zero-order valence-electron chi connectivity index (χ0n) is 11.8. The van der Waals surface area contributed by atoms with E-state index in [9.17, 15) is 9.00 Å². The van der Waals surface area contributed by atoms with Gasteiger partial charge in [0.15, 0.2) is 0 Å². The molecule has 0 heterocycles. The number of anilines is 1. The Balaban J connectivity index is 1.95. The molecule has 4 nitrogen and oxygen atoms in total. The van der Waals surface area contributed by atoms with E-state index in [-0.39, 0.29) is 0 Å². The standard InChI is InChI=1S/C15H20N2O2S/c1-20(2,19)17-15(18)16-14-12-7-3-5-10(12)9-11-6-4-8-13(11)14/h9H,1,3-8H2,2H3,(H2,16,17,18,19). The molecule has 0 saturated heterocycles. The number of hydrogen-bond acceptors (Lipinski definition) is 2. The van der Waals surface area contributed by atoms with E-state index in [1.54, 1.807) is 0 Å². The van der Waals surface area contributed by atoms with E-state index in [1.165, 1.54) is 28.5 Å². The molecule has 1 aromatic rings. The lowest BCUT2D eigenvalue weighted by molar-refractivity contribution is 0.257. The minimum atomic E-state index is -2.53. The Morgan fingerprint density at radius 1 is 1.15 bits per heavy atom. The van der Waals surface area contributed by atoms with Crippen LogP contribution in [-0.4, -0.2) is 22.4 Å². The van der Waals surface area contributed by atoms with Crippen LogP contribution in [0.3, 0.4) is 0 Å². The first-order chi connectivity index (χ1) is 9.44. The summed E-state index contributed by atoms with van der Waals surface area (Å²) in [5.74, 6) is 3.45. The van der Waals surface area contributed by atoms with Crippen LogP contribution in [0.1, 0.15) is 35.1 Å². The van der Waals surface area contributed by atoms with Gasteiger partial charge in [0.2, 0.25) is 0 Å². The molecule has 108 valence electrons. The van der Waals surface area contributed by atoms with Gasteiger partial charge < -0.3 is 5.32 Å². The van der Waals surface area contributed by atoms with Gasteiger partial charge in [-0.05, 0) is 66.6 Å². The molecule has 0 aliphatic heterocycles. The molecule has 3 rings (SSSR count). The van der Waals surface area contributed by atoms with Gasteiger partial charge in [0.05, 0.1) is 0 Å². The third-order valence-corrected chi connectivity index (χ3v) is 4.64. The van der Waals surface area contributed by atoms with E-state index in [0.717, 1.165) is 44.2 Å². The highest BCUT2D eigenvalue weighted by atomic mass is 32.2. The molecule has 2 aliphatic carbocycles. The average molecular weight is 292 g/mol. The van der Waals surface area contributed by atoms with Crippen molar-refractivity contribution >= 4 is 27.3 Å². The van der Waals surface area contributed by atoms with E-state index in [2.05, 4.69) is 22.0 Å². The summed E-state index contributed by atoms with van der Waals surface area (Å²) in [6.45, 7) is 0. The number of fused-ring (bicyclic) bond motifs is 2. The van der Waals surface area contributed by atoms with Gasteiger partial charge in [-0.15, -0.1) is 0 Å². The van der Waals surface area contributed by atoms with Gasteiger partial charge in [-0.1, -0.05) is 6.07 Å². The summed E-state index contributed by atoms with van der Waals surface area (Å²) in [6.07, 6.45) is 7.95. The summed E-state index contributed by atoms with van der Waals surface area (Å²) in [6, 6.07) is 1.90. The lowest BCUT2D eigenvalue weighted by atomic mass is 9.99. The third kappa shape index (κ3) is 2.54. The van der Waals surface area contributed by atoms with Crippen LogP contribution in [0.2, 0.25) is 0 Å². The SMILES string of the molecule is C=S(C)(=O)NC(=O)Nc1c2c(cc3c1CCC3)CCC2. The van der Waals surface area contributed by atoms with Gasteiger partial charge in [0.25, 0.3) is 0 Å². The van der Waals surface area contributed by atoms with Gasteiger partial charge >= 0.3 is 6.03 Å². The average Bonchev–Trinajstić information content (AvgIpc) is 2.93. The quantitative estimate of drug-likeness (QED) is 0.820. The van der Waals surface area contributed by atoms with Crippen LogP contribution in [0.15, 0.2) is 6.07 Å². The van der Waals surface area contributed by atoms with E-state index in [1.807, 2.05) is 0 Å². The molecule has 2 N–H and O–H groups in total. The zero-order valence-corrected chi connectivity index (χ0v) is 12.6. The second kappa shape index (κ2) is 4.81. The molecule has 0 bridgehead atoms. The molecule has 1 unspecified atom stereocenters. The first kappa shape index (κ1) is 13.5. The number of carbonyl (C=O) groups is 1. The number of aryl methyl sites for hydroxylation is 2. The summed E-state index contributed by atoms with van der Waals surface area (Å²) in [7, 11) is -2.53. The van der Waals surface area contributed by atoms with E-state index >= 15 is 0 Å². The van der Waals surface area contributed by atoms with Crippen LogP contribution in [0.5, 0.6) is 0 Å². The predicted molar refractivity (Wildman–Crippen MR) is 83.8 cm³/mol. The van der Waals surface area contributed by atoms with Crippen LogP contribution in [0.25, 0.3) is 0 Å². The van der Waals surface area contributed by atoms with Crippen molar-refractivity contribution in [1.82, 2.24) is 4.72 Å². The van der Waals surface area contributed by atoms with Gasteiger partial charge in [0, 0.05) is 21.7 Å². The van der Waals surface area contributed by atoms with Crippen molar-refractivity contribution in [3.05, 3.63) is 28.3 Å². The number of rotatable bonds is 2. The Bertz CT molecular complexity index is 645. The lowest BCUT2D eigenvalue weighted by Gasteiger charge is -2.16. The molecule has 1 aromatic carbocycles. The fourth-order valence-electron chi connectivity index (χ4n) is 3.30. The second-order valence-corrected chi connectivity index (χ2v) is 8.01. The van der Waals surface area contributed by atoms with Crippen molar-refractivity contribution in [3.8, 4) is 0 Å². The van der Waals surface area contributed by atoms with Crippen molar-refractivity contribution in [2.45, 2.75) is 38.5 Å². The van der Waals surface area contributed by atoms with E-state index < -0.39 is 15.7 Å². The zero-order chi connectivity index (χ0) is 14.3. The molecule has 20 heavy (non-hydrogen) atoms. The van der Waals surface area contributed by atoms with Gasteiger partial charge in [-0.2, -0.15) is 0 Å². The molecule has 5 heteroatoms. The number of hydrogen-bond donors (Lipinski definition) is 2. The van der Waals surface area contributed by atoms with Gasteiger partial charge in [0.1, 0.15) is 0 Å². The van der Waals surface area contributed by atoms with Crippen LogP contribution >= 0.6 is 0 Å². The minimum Gasteiger partial charge on any atom is -0.307 e. The summed E-state index contributed by atoms with van der Waals surface area (Å²) >= 11 is 0. The first-order valence-corrected chi connectivity index (χ1v) is 9.15. The number of amides is 2. The number of nitrogens with one attached hydrogen (secondary N) is 2. The Hall–Kier alpha value is -1.49. The second-order valence-electron chi connectivity index (χ2n) is 5.80. The Morgan fingerprint density at radius 3 is 2.20 bits per heavy atom. The fraction of sp³-hybridized carbons (Fsp3) is 0.467. The monoisotopic (exact) mass is 292 g/mol. The Kier molecular flexibility index (Phi) is 3.24. The summed E-state index contributed by atoms with van der Waals surface area (Å²) in [4.78, 5) is 12.0. The predicted octanol–water partition coefficient (Wildman–Crippen LogP) is 2.05. The van der Waals surface area contributed by atoms with Crippen molar-refractivity contribution in [1.29, 1.82) is 0 Å². The molecule has 0 aromatic heterocycles. The maximum absolute atomic E-state index is 12.0. The van der Waals surface area contributed by atoms with Crippen LogP contribution in [0, 0.1) is 0 Å². The van der Waals surface area contributed by atoms with Crippen molar-refractivity contribution < 1.29 is 9.00 Å². The number of carbonyl (C=O) groups excluding carboxylic acids is 1. The molecule has 2 amide bonds. The van der Waals surface area contributed by atoms with Gasteiger partial charge in [-0.25, -0.2) is 9.00 Å². The normalized spacial score (nSPS) is 19.1. The van der Waals surface area contributed by atoms with Crippen LogP contribution < -0.4 is 10.0 Å². The molecule has 2 aliphatic rings. The smallest absolute Gasteiger partial charge is 0.307 e. The molecule has 0 saturated carbocycles. The summed E-state index contributed by atoms with van der Waals surface area (Å²) in [5.41, 5.74) is 6.24. The molecular weight excluding hydrogens is 272 g/mol. The molecule has 0 radical (unpaired) electrons. The highest BCUT2D eigenvalue weighted by Crippen LogP contribution is 2.38. The molecule has 0 spiro atoms. The van der Waals surface area contributed by atoms with Gasteiger partial charge in [-0.3, -0.25) is 4.72 Å². The number of urea groups is 1. The topological polar surface area (TPSA) is 58.2 Å². The Morgan fingerprint density at radius 2 is 1.70 bits per heavy atom. The van der Waals surface area contributed by atoms with Crippen molar-refractivity contribution in [2.75, 3.05) is 11.6 Å². The highest BCUT2D eigenvalue weighted by Gasteiger charge is 2.25. The van der Waals surface area contributed by atoms with Crippen LogP contribution in [-0.2, 0) is 35.4 Å². The van der Waals surface area contributed by atoms with Crippen molar-refractivity contribution in [2.24, 2.45) is 0 Å².